The maximum Gasteiger partial charge on any atom is 0.142 e. The van der Waals surface area contributed by atoms with E-state index in [-0.39, 0.29) is 6.10 Å². The highest BCUT2D eigenvalue weighted by atomic mass is 79.9. The normalized spacial score (nSPS) is 17.9. The van der Waals surface area contributed by atoms with Crippen molar-refractivity contribution in [3.05, 3.63) is 22.2 Å². The summed E-state index contributed by atoms with van der Waals surface area (Å²) < 4.78 is 16.8. The molecular weight excluding hydrogens is 312 g/mol. The first-order valence-corrected chi connectivity index (χ1v) is 7.04. The van der Waals surface area contributed by atoms with Gasteiger partial charge in [0.1, 0.15) is 22.1 Å². The van der Waals surface area contributed by atoms with Crippen LogP contribution in [0.25, 0.3) is 0 Å². The third-order valence-corrected chi connectivity index (χ3v) is 4.26. The number of ether oxygens (including phenoxy) is 3. The summed E-state index contributed by atoms with van der Waals surface area (Å²) in [6.45, 7) is 0. The third-order valence-electron chi connectivity index (χ3n) is 3.50. The van der Waals surface area contributed by atoms with Crippen LogP contribution in [0, 0.1) is 5.92 Å². The van der Waals surface area contributed by atoms with Gasteiger partial charge in [-0.2, -0.15) is 0 Å². The van der Waals surface area contributed by atoms with Gasteiger partial charge in [-0.15, -0.1) is 0 Å². The standard InChI is InChI=1S/C14H19BrO4/c1-17-10-7-6-9(14(19-3)11(10)15)12(16)13(18-2)8-4-5-8/h6-8,12-13,16H,4-5H2,1-3H3. The second kappa shape index (κ2) is 6.11. The first kappa shape index (κ1) is 14.6. The highest BCUT2D eigenvalue weighted by molar-refractivity contribution is 9.10. The smallest absolute Gasteiger partial charge is 0.142 e. The van der Waals surface area contributed by atoms with Crippen molar-refractivity contribution in [3.63, 3.8) is 0 Å². The summed E-state index contributed by atoms with van der Waals surface area (Å²) in [5.74, 6) is 1.70. The Morgan fingerprint density at radius 3 is 2.37 bits per heavy atom. The molecule has 0 saturated heterocycles. The minimum Gasteiger partial charge on any atom is -0.495 e. The van der Waals surface area contributed by atoms with Gasteiger partial charge in [0.2, 0.25) is 0 Å². The Morgan fingerprint density at radius 1 is 1.21 bits per heavy atom. The van der Waals surface area contributed by atoms with Crippen LogP contribution in [-0.4, -0.2) is 32.5 Å². The Kier molecular flexibility index (Phi) is 4.71. The van der Waals surface area contributed by atoms with Crippen LogP contribution >= 0.6 is 15.9 Å². The van der Waals surface area contributed by atoms with E-state index in [0.29, 0.717) is 27.5 Å². The fourth-order valence-corrected chi connectivity index (χ4v) is 3.02. The lowest BCUT2D eigenvalue weighted by atomic mass is 10.00. The van der Waals surface area contributed by atoms with Gasteiger partial charge in [0, 0.05) is 12.7 Å². The molecule has 0 amide bonds. The van der Waals surface area contributed by atoms with Gasteiger partial charge in [0.05, 0.1) is 20.3 Å². The minimum atomic E-state index is -0.699. The summed E-state index contributed by atoms with van der Waals surface area (Å²) >= 11 is 3.44. The summed E-state index contributed by atoms with van der Waals surface area (Å²) in [5, 5.41) is 10.5. The van der Waals surface area contributed by atoms with Crippen molar-refractivity contribution in [1.29, 1.82) is 0 Å². The first-order chi connectivity index (χ1) is 9.13. The monoisotopic (exact) mass is 330 g/mol. The maximum absolute atomic E-state index is 10.5. The number of rotatable bonds is 6. The molecule has 2 unspecified atom stereocenters. The first-order valence-electron chi connectivity index (χ1n) is 6.25. The van der Waals surface area contributed by atoms with Gasteiger partial charge in [-0.05, 0) is 46.8 Å². The van der Waals surface area contributed by atoms with Crippen molar-refractivity contribution in [2.24, 2.45) is 5.92 Å². The zero-order valence-corrected chi connectivity index (χ0v) is 12.9. The van der Waals surface area contributed by atoms with Gasteiger partial charge in [-0.25, -0.2) is 0 Å². The average molecular weight is 331 g/mol. The molecule has 0 aliphatic heterocycles. The van der Waals surface area contributed by atoms with E-state index in [2.05, 4.69) is 15.9 Å². The molecule has 0 spiro atoms. The second-order valence-electron chi connectivity index (χ2n) is 4.69. The molecule has 19 heavy (non-hydrogen) atoms. The van der Waals surface area contributed by atoms with Gasteiger partial charge in [-0.3, -0.25) is 0 Å². The fourth-order valence-electron chi connectivity index (χ4n) is 2.33. The largest absolute Gasteiger partial charge is 0.495 e. The van der Waals surface area contributed by atoms with Crippen molar-refractivity contribution < 1.29 is 19.3 Å². The Balaban J connectivity index is 2.35. The number of benzene rings is 1. The van der Waals surface area contributed by atoms with Crippen LogP contribution in [0.15, 0.2) is 16.6 Å². The van der Waals surface area contributed by atoms with E-state index in [4.69, 9.17) is 14.2 Å². The van der Waals surface area contributed by atoms with E-state index >= 15 is 0 Å². The summed E-state index contributed by atoms with van der Waals surface area (Å²) in [6.07, 6.45) is 1.33. The number of halogens is 1. The number of methoxy groups -OCH3 is 3. The second-order valence-corrected chi connectivity index (χ2v) is 5.48. The summed E-state index contributed by atoms with van der Waals surface area (Å²) in [5.41, 5.74) is 0.717. The molecule has 1 aromatic rings. The number of hydrogen-bond donors (Lipinski definition) is 1. The van der Waals surface area contributed by atoms with E-state index in [1.807, 2.05) is 12.1 Å². The van der Waals surface area contributed by atoms with Crippen molar-refractivity contribution in [1.82, 2.24) is 0 Å². The Hall–Kier alpha value is -0.780. The van der Waals surface area contributed by atoms with Crippen molar-refractivity contribution in [3.8, 4) is 11.5 Å². The molecule has 1 aromatic carbocycles. The summed E-state index contributed by atoms with van der Waals surface area (Å²) in [4.78, 5) is 0. The summed E-state index contributed by atoms with van der Waals surface area (Å²) in [6, 6.07) is 3.63. The van der Waals surface area contributed by atoms with Crippen LogP contribution in [0.3, 0.4) is 0 Å². The Labute approximate surface area is 121 Å². The molecule has 2 rings (SSSR count). The van der Waals surface area contributed by atoms with Gasteiger partial charge in [-0.1, -0.05) is 0 Å². The molecule has 1 aliphatic rings. The third kappa shape index (κ3) is 2.88. The molecule has 0 heterocycles. The van der Waals surface area contributed by atoms with E-state index in [9.17, 15) is 5.11 Å². The maximum atomic E-state index is 10.5. The molecule has 0 radical (unpaired) electrons. The molecule has 2 atom stereocenters. The van der Waals surface area contributed by atoms with E-state index < -0.39 is 6.10 Å². The summed E-state index contributed by atoms with van der Waals surface area (Å²) in [7, 11) is 4.81. The van der Waals surface area contributed by atoms with Crippen molar-refractivity contribution >= 4 is 15.9 Å². The van der Waals surface area contributed by atoms with E-state index in [1.54, 1.807) is 21.3 Å². The van der Waals surface area contributed by atoms with Crippen LogP contribution < -0.4 is 9.47 Å². The number of aliphatic hydroxyl groups excluding tert-OH is 1. The Morgan fingerprint density at radius 2 is 1.89 bits per heavy atom. The van der Waals surface area contributed by atoms with E-state index in [1.165, 1.54) is 0 Å². The van der Waals surface area contributed by atoms with Gasteiger partial charge in [0.25, 0.3) is 0 Å². The number of hydrogen-bond acceptors (Lipinski definition) is 4. The average Bonchev–Trinajstić information content (AvgIpc) is 3.23. The van der Waals surface area contributed by atoms with Crippen LogP contribution in [0.1, 0.15) is 24.5 Å². The van der Waals surface area contributed by atoms with Gasteiger partial charge in [0.15, 0.2) is 0 Å². The number of aliphatic hydroxyl groups is 1. The molecule has 106 valence electrons. The lowest BCUT2D eigenvalue weighted by Gasteiger charge is -2.24. The SMILES string of the molecule is COc1ccc(C(O)C(OC)C2CC2)c(OC)c1Br. The minimum absolute atomic E-state index is 0.186. The topological polar surface area (TPSA) is 47.9 Å². The lowest BCUT2D eigenvalue weighted by Crippen LogP contribution is -2.23. The molecule has 1 aliphatic carbocycles. The molecule has 1 N–H and O–H groups in total. The van der Waals surface area contributed by atoms with Crippen LogP contribution in [0.4, 0.5) is 0 Å². The zero-order valence-electron chi connectivity index (χ0n) is 11.4. The van der Waals surface area contributed by atoms with Crippen LogP contribution in [-0.2, 0) is 4.74 Å². The predicted octanol–water partition coefficient (Wildman–Crippen LogP) is 2.92. The van der Waals surface area contributed by atoms with Crippen molar-refractivity contribution in [2.75, 3.05) is 21.3 Å². The molecule has 0 aromatic heterocycles. The van der Waals surface area contributed by atoms with Crippen LogP contribution in [0.5, 0.6) is 11.5 Å². The molecular formula is C14H19BrO4. The van der Waals surface area contributed by atoms with Crippen molar-refractivity contribution in [2.45, 2.75) is 25.0 Å². The Bertz CT molecular complexity index is 445. The quantitative estimate of drug-likeness (QED) is 0.871. The van der Waals surface area contributed by atoms with Crippen LogP contribution in [0.2, 0.25) is 0 Å². The van der Waals surface area contributed by atoms with Gasteiger partial charge >= 0.3 is 0 Å². The fraction of sp³-hybridized carbons (Fsp3) is 0.571. The van der Waals surface area contributed by atoms with Gasteiger partial charge < -0.3 is 19.3 Å². The molecule has 1 saturated carbocycles. The van der Waals surface area contributed by atoms with E-state index in [0.717, 1.165) is 12.8 Å². The molecule has 1 fully saturated rings. The zero-order chi connectivity index (χ0) is 14.0. The predicted molar refractivity (Wildman–Crippen MR) is 75.7 cm³/mol. The molecule has 5 heteroatoms. The highest BCUT2D eigenvalue weighted by Crippen LogP contribution is 2.45. The highest BCUT2D eigenvalue weighted by Gasteiger charge is 2.38. The lowest BCUT2D eigenvalue weighted by molar-refractivity contribution is -0.0269. The molecule has 0 bridgehead atoms. The molecule has 4 nitrogen and oxygen atoms in total.